The number of benzene rings is 2. The first-order valence-corrected chi connectivity index (χ1v) is 28.3. The lowest BCUT2D eigenvalue weighted by atomic mass is 9.59. The Hall–Kier alpha value is -6.45. The standard InChI is InChI=1S/C57H70F2N10O7S/c1-35(2)42-9-7-8-10-43(42)48-34-67(33-38-23-51(59)63-52(24-38)74-5)21-22-69(48)40-28-57(29-40)17-19-68(20-18-57)39-15-16-44(49(25-39)76-50-27-45-46(58)32-62-53(45)64-56(50)75-6)55(70)65-77(72,73)41-26-47(66(4)71)54(61-31-41)60-30-37-13-11-36(3)12-14-37/h7-10,15-16,23-27,31-32,35-37,40,48,66H,11-14,17-22,28-30,33-34H2,1-6H3,(H,60,61)(H,62,64)(H,65,70)/t36-,37+,48?. The second-order valence-corrected chi connectivity index (χ2v) is 23.7. The first-order chi connectivity index (χ1) is 37.0. The Morgan fingerprint density at radius 2 is 1.71 bits per heavy atom. The van der Waals surface area contributed by atoms with Gasteiger partial charge in [-0.05, 0) is 96.6 Å². The molecule has 1 spiro atoms. The van der Waals surface area contributed by atoms with Gasteiger partial charge >= 0.3 is 0 Å². The largest absolute Gasteiger partial charge is 0.629 e. The lowest BCUT2D eigenvalue weighted by Gasteiger charge is -2.58. The summed E-state index contributed by atoms with van der Waals surface area (Å²) in [5, 5.41) is 15.9. The van der Waals surface area contributed by atoms with E-state index in [1.165, 1.54) is 62.9 Å². The van der Waals surface area contributed by atoms with E-state index in [-0.39, 0.29) is 72.8 Å². The van der Waals surface area contributed by atoms with E-state index in [0.29, 0.717) is 36.9 Å². The van der Waals surface area contributed by atoms with Crippen molar-refractivity contribution in [1.29, 1.82) is 0 Å². The number of aromatic amines is 1. The number of pyridine rings is 3. The van der Waals surface area contributed by atoms with Gasteiger partial charge in [0, 0.05) is 94.0 Å². The molecule has 2 saturated heterocycles. The zero-order valence-electron chi connectivity index (χ0n) is 44.7. The number of amides is 1. The molecule has 17 nitrogen and oxygen atoms in total. The number of methoxy groups -OCH3 is 2. The molecule has 0 radical (unpaired) electrons. The van der Waals surface area contributed by atoms with Crippen LogP contribution in [0.1, 0.15) is 111 Å². The minimum atomic E-state index is -4.57. The number of anilines is 2. The van der Waals surface area contributed by atoms with Crippen molar-refractivity contribution in [3.8, 4) is 23.3 Å². The maximum absolute atomic E-state index is 14.9. The number of hydrogen-bond acceptors (Lipinski definition) is 14. The SMILES string of the molecule is COc1cc(CN2CCN(C3CC4(CCN(c5ccc(C(=O)NS(=O)(=O)c6cnc(NC[C@H]7CC[C@@H](C)CC7)c([NH+](C)[O-])c6)c(Oc6cc7c(F)c[nH]c7nc6OC)c5)CC4)C3)C(c3ccccc3C(C)C)C2)cc(F)n1. The van der Waals surface area contributed by atoms with Crippen LogP contribution in [0.2, 0.25) is 0 Å². The fraction of sp³-hybridized carbons (Fsp3) is 0.474. The molecule has 2 aliphatic heterocycles. The van der Waals surface area contributed by atoms with E-state index in [2.05, 4.69) is 89.7 Å². The minimum Gasteiger partial charge on any atom is -0.629 e. The third-order valence-corrected chi connectivity index (χ3v) is 17.9. The number of halogens is 2. The second kappa shape index (κ2) is 22.5. The molecule has 2 unspecified atom stereocenters. The Balaban J connectivity index is 0.860. The summed E-state index contributed by atoms with van der Waals surface area (Å²) in [4.78, 5) is 36.6. The van der Waals surface area contributed by atoms with E-state index in [1.54, 1.807) is 12.1 Å². The fourth-order valence-electron chi connectivity index (χ4n) is 12.2. The van der Waals surface area contributed by atoms with Crippen molar-refractivity contribution in [2.75, 3.05) is 70.8 Å². The molecule has 4 N–H and O–H groups in total. The molecule has 2 aromatic carbocycles. The van der Waals surface area contributed by atoms with Gasteiger partial charge in [0.1, 0.15) is 22.1 Å². The molecule has 410 valence electrons. The number of sulfonamides is 1. The van der Waals surface area contributed by atoms with Gasteiger partial charge in [-0.25, -0.2) is 22.5 Å². The van der Waals surface area contributed by atoms with Crippen LogP contribution in [-0.2, 0) is 16.6 Å². The molecular formula is C57H70F2N10O7S. The minimum absolute atomic E-state index is 0.00569. The van der Waals surface area contributed by atoms with Crippen LogP contribution in [0.3, 0.4) is 0 Å². The van der Waals surface area contributed by atoms with Crippen molar-refractivity contribution in [3.05, 3.63) is 118 Å². The molecule has 6 heterocycles. The van der Waals surface area contributed by atoms with Crippen LogP contribution in [0.25, 0.3) is 11.0 Å². The summed E-state index contributed by atoms with van der Waals surface area (Å²) in [7, 11) is -0.337. The highest BCUT2D eigenvalue weighted by atomic mass is 32.2. The molecule has 2 saturated carbocycles. The number of aromatic nitrogens is 4. The van der Waals surface area contributed by atoms with Crippen LogP contribution in [0.15, 0.2) is 84.0 Å². The van der Waals surface area contributed by atoms with Crippen LogP contribution in [0, 0.1) is 34.2 Å². The van der Waals surface area contributed by atoms with Crippen molar-refractivity contribution in [2.45, 2.75) is 102 Å². The third kappa shape index (κ3) is 11.7. The highest BCUT2D eigenvalue weighted by Crippen LogP contribution is 2.53. The van der Waals surface area contributed by atoms with Crippen molar-refractivity contribution in [2.24, 2.45) is 17.3 Å². The van der Waals surface area contributed by atoms with Crippen molar-refractivity contribution < 1.29 is 41.3 Å². The third-order valence-electron chi connectivity index (χ3n) is 16.6. The maximum atomic E-state index is 14.9. The lowest BCUT2D eigenvalue weighted by Crippen LogP contribution is -2.98. The van der Waals surface area contributed by atoms with E-state index in [4.69, 9.17) is 14.2 Å². The monoisotopic (exact) mass is 1080 g/mol. The lowest BCUT2D eigenvalue weighted by molar-refractivity contribution is -0.751. The summed E-state index contributed by atoms with van der Waals surface area (Å²) in [6, 6.07) is 20.2. The molecule has 4 aromatic heterocycles. The molecule has 4 aliphatic rings. The molecule has 2 atom stereocenters. The number of nitrogens with one attached hydrogen (secondary N) is 4. The molecular weight excluding hydrogens is 1010 g/mol. The molecule has 4 fully saturated rings. The summed E-state index contributed by atoms with van der Waals surface area (Å²) in [5.41, 5.74) is 4.60. The van der Waals surface area contributed by atoms with E-state index in [9.17, 15) is 27.2 Å². The molecule has 2 aliphatic carbocycles. The average molecular weight is 1080 g/mol. The Morgan fingerprint density at radius 1 is 0.948 bits per heavy atom. The predicted molar refractivity (Wildman–Crippen MR) is 290 cm³/mol. The zero-order valence-corrected chi connectivity index (χ0v) is 45.5. The van der Waals surface area contributed by atoms with Crippen molar-refractivity contribution in [1.82, 2.24) is 34.5 Å². The number of carbonyl (C=O) groups is 1. The van der Waals surface area contributed by atoms with E-state index in [0.717, 1.165) is 102 Å². The highest BCUT2D eigenvalue weighted by molar-refractivity contribution is 7.90. The molecule has 0 bridgehead atoms. The fourth-order valence-corrected chi connectivity index (χ4v) is 13.1. The van der Waals surface area contributed by atoms with Gasteiger partial charge in [-0.2, -0.15) is 14.4 Å². The Bertz CT molecular complexity index is 3210. The number of quaternary nitrogens is 1. The van der Waals surface area contributed by atoms with Crippen LogP contribution >= 0.6 is 0 Å². The summed E-state index contributed by atoms with van der Waals surface area (Å²) >= 11 is 0. The molecule has 20 heteroatoms. The number of piperazine rings is 1. The van der Waals surface area contributed by atoms with Crippen LogP contribution in [0.5, 0.6) is 23.3 Å². The first-order valence-electron chi connectivity index (χ1n) is 26.9. The van der Waals surface area contributed by atoms with E-state index < -0.39 is 27.7 Å². The molecule has 10 rings (SSSR count). The van der Waals surface area contributed by atoms with Crippen LogP contribution in [-0.4, -0.2) is 111 Å². The normalized spacial score (nSPS) is 20.8. The number of hydroxylamine groups is 1. The Kier molecular flexibility index (Phi) is 15.8. The number of rotatable bonds is 17. The molecule has 6 aromatic rings. The summed E-state index contributed by atoms with van der Waals surface area (Å²) in [5.74, 6) is -0.105. The van der Waals surface area contributed by atoms with Gasteiger partial charge in [0.15, 0.2) is 17.3 Å². The van der Waals surface area contributed by atoms with Gasteiger partial charge in [-0.1, -0.05) is 57.9 Å². The van der Waals surface area contributed by atoms with E-state index >= 15 is 0 Å². The van der Waals surface area contributed by atoms with Gasteiger partial charge in [-0.3, -0.25) is 14.6 Å². The number of hydrogen-bond donors (Lipinski definition) is 4. The first kappa shape index (κ1) is 53.9. The van der Waals surface area contributed by atoms with Crippen molar-refractivity contribution >= 4 is 44.2 Å². The van der Waals surface area contributed by atoms with E-state index in [1.807, 2.05) is 6.07 Å². The summed E-state index contributed by atoms with van der Waals surface area (Å²) in [6.07, 6.45) is 10.7. The van der Waals surface area contributed by atoms with Gasteiger partial charge in [0.25, 0.3) is 21.8 Å². The number of fused-ring (bicyclic) bond motifs is 1. The average Bonchev–Trinajstić information content (AvgIpc) is 3.78. The molecule has 1 amide bonds. The van der Waals surface area contributed by atoms with Crippen LogP contribution in [0.4, 0.5) is 26.0 Å². The number of ether oxygens (including phenoxy) is 3. The predicted octanol–water partition coefficient (Wildman–Crippen LogP) is 8.87. The maximum Gasteiger partial charge on any atom is 0.268 e. The van der Waals surface area contributed by atoms with Gasteiger partial charge in [0.2, 0.25) is 11.8 Å². The zero-order chi connectivity index (χ0) is 54.2. The van der Waals surface area contributed by atoms with Gasteiger partial charge in [-0.15, -0.1) is 0 Å². The Morgan fingerprint density at radius 3 is 2.44 bits per heavy atom. The topological polar surface area (TPSA) is 195 Å². The van der Waals surface area contributed by atoms with Crippen molar-refractivity contribution in [3.63, 3.8) is 0 Å². The van der Waals surface area contributed by atoms with Gasteiger partial charge < -0.3 is 39.7 Å². The van der Waals surface area contributed by atoms with Crippen LogP contribution < -0.4 is 34.2 Å². The second-order valence-electron chi connectivity index (χ2n) is 22.0. The number of nitrogens with zero attached hydrogens (tertiary/aromatic N) is 6. The Labute approximate surface area is 449 Å². The summed E-state index contributed by atoms with van der Waals surface area (Å²) < 4.78 is 76.8. The number of H-pyrrole nitrogens is 1. The highest BCUT2D eigenvalue weighted by Gasteiger charge is 2.50. The van der Waals surface area contributed by atoms with Gasteiger partial charge in [0.05, 0.1) is 38.4 Å². The smallest absolute Gasteiger partial charge is 0.268 e. The number of piperidine rings is 1. The number of carbonyl (C=O) groups excluding carboxylic acids is 1. The summed E-state index contributed by atoms with van der Waals surface area (Å²) in [6.45, 7) is 11.9. The molecule has 77 heavy (non-hydrogen) atoms. The quantitative estimate of drug-likeness (QED) is 0.0500.